The molecule has 1 aromatic carbocycles. The zero-order valence-corrected chi connectivity index (χ0v) is 14.3. The third kappa shape index (κ3) is 4.33. The molecule has 0 spiro atoms. The van der Waals surface area contributed by atoms with Crippen molar-refractivity contribution in [2.24, 2.45) is 0 Å². The molecule has 1 unspecified atom stereocenters. The molecule has 1 atom stereocenters. The minimum atomic E-state index is -3.74. The van der Waals surface area contributed by atoms with Crippen LogP contribution in [0.2, 0.25) is 0 Å². The van der Waals surface area contributed by atoms with Crippen LogP contribution in [0.25, 0.3) is 0 Å². The number of hydrogen-bond acceptors (Lipinski definition) is 5. The van der Waals surface area contributed by atoms with Gasteiger partial charge in [0.25, 0.3) is 0 Å². The lowest BCUT2D eigenvalue weighted by atomic mass is 10.1. The molecular formula is C16H21NO6S. The number of sulfonamides is 1. The average Bonchev–Trinajstić information content (AvgIpc) is 2.55. The maximum absolute atomic E-state index is 12.6. The van der Waals surface area contributed by atoms with Crippen molar-refractivity contribution in [3.8, 4) is 0 Å². The van der Waals surface area contributed by atoms with E-state index in [9.17, 15) is 23.1 Å². The lowest BCUT2D eigenvalue weighted by Crippen LogP contribution is -2.48. The third-order valence-electron chi connectivity index (χ3n) is 3.91. The number of carbonyl (C=O) groups is 2. The summed E-state index contributed by atoms with van der Waals surface area (Å²) in [5.74, 6) is -1.87. The smallest absolute Gasteiger partial charge is 0.338 e. The molecule has 1 aliphatic heterocycles. The molecule has 1 aromatic rings. The zero-order chi connectivity index (χ0) is 17.7. The van der Waals surface area contributed by atoms with Gasteiger partial charge < -0.3 is 9.84 Å². The lowest BCUT2D eigenvalue weighted by Gasteiger charge is -2.31. The predicted octanol–water partition coefficient (Wildman–Crippen LogP) is 1.63. The second-order valence-electron chi connectivity index (χ2n) is 5.63. The van der Waals surface area contributed by atoms with Crippen molar-refractivity contribution in [2.45, 2.75) is 38.0 Å². The van der Waals surface area contributed by atoms with Gasteiger partial charge in [-0.1, -0.05) is 12.1 Å². The van der Waals surface area contributed by atoms with Gasteiger partial charge in [-0.2, -0.15) is 4.31 Å². The number of carbonyl (C=O) groups excluding carboxylic acids is 1. The number of carboxylic acids is 1. The molecule has 0 saturated carbocycles. The molecule has 0 amide bonds. The van der Waals surface area contributed by atoms with Gasteiger partial charge in [0.2, 0.25) is 10.0 Å². The Morgan fingerprint density at radius 1 is 1.25 bits per heavy atom. The van der Waals surface area contributed by atoms with Crippen molar-refractivity contribution in [2.75, 3.05) is 13.2 Å². The maximum atomic E-state index is 12.6. The maximum Gasteiger partial charge on any atom is 0.338 e. The number of piperidine rings is 1. The van der Waals surface area contributed by atoms with Crippen molar-refractivity contribution in [1.82, 2.24) is 4.31 Å². The van der Waals surface area contributed by atoms with Gasteiger partial charge in [0.05, 0.1) is 17.9 Å². The van der Waals surface area contributed by atoms with Crippen LogP contribution in [-0.2, 0) is 25.3 Å². The number of rotatable bonds is 6. The van der Waals surface area contributed by atoms with Crippen LogP contribution >= 0.6 is 0 Å². The van der Waals surface area contributed by atoms with Gasteiger partial charge in [0.15, 0.2) is 0 Å². The molecule has 1 aliphatic rings. The first kappa shape index (κ1) is 18.4. The van der Waals surface area contributed by atoms with Crippen LogP contribution in [0.5, 0.6) is 0 Å². The van der Waals surface area contributed by atoms with Gasteiger partial charge in [-0.15, -0.1) is 0 Å². The molecule has 7 nitrogen and oxygen atoms in total. The average molecular weight is 355 g/mol. The Bertz CT molecular complexity index is 698. The molecule has 8 heteroatoms. The van der Waals surface area contributed by atoms with Crippen LogP contribution in [0.3, 0.4) is 0 Å². The SMILES string of the molecule is CCOC(=O)c1ccc(CS(=O)(=O)N2CCCCC2C(=O)O)cc1. The van der Waals surface area contributed by atoms with Crippen LogP contribution in [0.15, 0.2) is 24.3 Å². The van der Waals surface area contributed by atoms with Gasteiger partial charge in [-0.25, -0.2) is 13.2 Å². The Kier molecular flexibility index (Phi) is 5.95. The number of carboxylic acid groups (broad SMARTS) is 1. The van der Waals surface area contributed by atoms with Crippen molar-refractivity contribution >= 4 is 22.0 Å². The standard InChI is InChI=1S/C16H21NO6S/c1-2-23-16(20)13-8-6-12(7-9-13)11-24(21,22)17-10-4-3-5-14(17)15(18)19/h6-9,14H,2-5,10-11H2,1H3,(H,18,19). The molecule has 1 saturated heterocycles. The van der Waals surface area contributed by atoms with Crippen LogP contribution in [-0.4, -0.2) is 49.0 Å². The highest BCUT2D eigenvalue weighted by molar-refractivity contribution is 7.88. The molecular weight excluding hydrogens is 334 g/mol. The monoisotopic (exact) mass is 355 g/mol. The largest absolute Gasteiger partial charge is 0.480 e. The predicted molar refractivity (Wildman–Crippen MR) is 87.0 cm³/mol. The van der Waals surface area contributed by atoms with Crippen molar-refractivity contribution in [3.63, 3.8) is 0 Å². The summed E-state index contributed by atoms with van der Waals surface area (Å²) in [4.78, 5) is 22.9. The fraction of sp³-hybridized carbons (Fsp3) is 0.500. The number of hydrogen-bond donors (Lipinski definition) is 1. The van der Waals surface area contributed by atoms with E-state index < -0.39 is 28.0 Å². The minimum Gasteiger partial charge on any atom is -0.480 e. The van der Waals surface area contributed by atoms with E-state index in [4.69, 9.17) is 4.74 Å². The highest BCUT2D eigenvalue weighted by Crippen LogP contribution is 2.23. The highest BCUT2D eigenvalue weighted by atomic mass is 32.2. The summed E-state index contributed by atoms with van der Waals surface area (Å²) >= 11 is 0. The summed E-state index contributed by atoms with van der Waals surface area (Å²) in [5.41, 5.74) is 0.845. The van der Waals surface area contributed by atoms with E-state index in [0.717, 1.165) is 4.31 Å². The zero-order valence-electron chi connectivity index (χ0n) is 13.5. The van der Waals surface area contributed by atoms with E-state index >= 15 is 0 Å². The summed E-state index contributed by atoms with van der Waals surface area (Å²) < 4.78 is 31.1. The number of aliphatic carboxylic acids is 1. The topological polar surface area (TPSA) is 101 Å². The van der Waals surface area contributed by atoms with Crippen LogP contribution in [0, 0.1) is 0 Å². The van der Waals surface area contributed by atoms with Crippen molar-refractivity contribution in [3.05, 3.63) is 35.4 Å². The molecule has 24 heavy (non-hydrogen) atoms. The fourth-order valence-electron chi connectivity index (χ4n) is 2.73. The van der Waals surface area contributed by atoms with Crippen molar-refractivity contribution < 1.29 is 27.9 Å². The quantitative estimate of drug-likeness (QED) is 0.779. The van der Waals surface area contributed by atoms with Crippen LogP contribution in [0.4, 0.5) is 0 Å². The molecule has 0 bridgehead atoms. The van der Waals surface area contributed by atoms with Gasteiger partial charge in [0.1, 0.15) is 6.04 Å². The third-order valence-corrected chi connectivity index (χ3v) is 5.76. The minimum absolute atomic E-state index is 0.222. The number of benzene rings is 1. The normalized spacial score (nSPS) is 19.0. The second-order valence-corrected chi connectivity index (χ2v) is 7.56. The lowest BCUT2D eigenvalue weighted by molar-refractivity contribution is -0.142. The Labute approximate surface area is 141 Å². The summed E-state index contributed by atoms with van der Waals surface area (Å²) in [5, 5.41) is 9.23. The fourth-order valence-corrected chi connectivity index (χ4v) is 4.50. The van der Waals surface area contributed by atoms with E-state index in [1.165, 1.54) is 12.1 Å². The molecule has 1 heterocycles. The molecule has 1 fully saturated rings. The summed E-state index contributed by atoms with van der Waals surface area (Å²) in [7, 11) is -3.74. The van der Waals surface area contributed by atoms with Crippen molar-refractivity contribution in [1.29, 1.82) is 0 Å². The number of nitrogens with zero attached hydrogens (tertiary/aromatic N) is 1. The van der Waals surface area contributed by atoms with E-state index in [1.54, 1.807) is 19.1 Å². The van der Waals surface area contributed by atoms with E-state index in [1.807, 2.05) is 0 Å². The van der Waals surface area contributed by atoms with E-state index in [2.05, 4.69) is 0 Å². The van der Waals surface area contributed by atoms with E-state index in [0.29, 0.717) is 30.4 Å². The van der Waals surface area contributed by atoms with Gasteiger partial charge >= 0.3 is 11.9 Å². The molecule has 132 valence electrons. The Morgan fingerprint density at radius 3 is 2.50 bits per heavy atom. The highest BCUT2D eigenvalue weighted by Gasteiger charge is 2.36. The molecule has 0 aromatic heterocycles. The number of esters is 1. The Balaban J connectivity index is 2.13. The first-order valence-corrected chi connectivity index (χ1v) is 9.44. The molecule has 0 radical (unpaired) electrons. The Morgan fingerprint density at radius 2 is 1.92 bits per heavy atom. The van der Waals surface area contributed by atoms with Crippen LogP contribution in [0.1, 0.15) is 42.1 Å². The Hall–Kier alpha value is -1.93. The number of ether oxygens (including phenoxy) is 1. The van der Waals surface area contributed by atoms with Gasteiger partial charge in [0, 0.05) is 6.54 Å². The van der Waals surface area contributed by atoms with E-state index in [-0.39, 0.29) is 18.9 Å². The van der Waals surface area contributed by atoms with Gasteiger partial charge in [-0.3, -0.25) is 4.79 Å². The molecule has 2 rings (SSSR count). The van der Waals surface area contributed by atoms with Gasteiger partial charge in [-0.05, 0) is 43.9 Å². The summed E-state index contributed by atoms with van der Waals surface area (Å²) in [6, 6.07) is 5.11. The summed E-state index contributed by atoms with van der Waals surface area (Å²) in [6.45, 7) is 2.19. The summed E-state index contributed by atoms with van der Waals surface area (Å²) in [6.07, 6.45) is 1.69. The molecule has 0 aliphatic carbocycles. The van der Waals surface area contributed by atoms with Crippen LogP contribution < -0.4 is 0 Å². The second kappa shape index (κ2) is 7.76. The molecule has 1 N–H and O–H groups in total. The first-order chi connectivity index (χ1) is 11.3. The first-order valence-electron chi connectivity index (χ1n) is 7.83.